The number of carbonyl (C=O) groups excluding carboxylic acids is 2. The first-order valence-corrected chi connectivity index (χ1v) is 5.53. The molecule has 98 valence electrons. The van der Waals surface area contributed by atoms with Crippen molar-refractivity contribution >= 4 is 12.1 Å². The number of hydrogen-bond acceptors (Lipinski definition) is 3. The van der Waals surface area contributed by atoms with Gasteiger partial charge in [0.1, 0.15) is 11.6 Å². The number of benzene rings is 1. The van der Waals surface area contributed by atoms with Crippen LogP contribution >= 0.6 is 0 Å². The average Bonchev–Trinajstić information content (AvgIpc) is 2.24. The fourth-order valence-corrected chi connectivity index (χ4v) is 1.34. The molecule has 0 saturated carbocycles. The fourth-order valence-electron chi connectivity index (χ4n) is 1.34. The lowest BCUT2D eigenvalue weighted by molar-refractivity contribution is -0.131. The Balaban J connectivity index is 2.77. The van der Waals surface area contributed by atoms with Crippen LogP contribution in [0.15, 0.2) is 30.3 Å². The van der Waals surface area contributed by atoms with Crippen LogP contribution in [0, 0.1) is 0 Å². The summed E-state index contributed by atoms with van der Waals surface area (Å²) in [5.41, 5.74) is -0.333. The highest BCUT2D eigenvalue weighted by Gasteiger charge is 2.25. The van der Waals surface area contributed by atoms with Gasteiger partial charge in [-0.25, -0.2) is 4.79 Å². The molecule has 0 aromatic heterocycles. The van der Waals surface area contributed by atoms with Crippen molar-refractivity contribution in [2.24, 2.45) is 0 Å². The van der Waals surface area contributed by atoms with Gasteiger partial charge in [0.05, 0.1) is 0 Å². The van der Waals surface area contributed by atoms with E-state index in [0.717, 1.165) is 0 Å². The Bertz CT molecular complexity index is 426. The summed E-state index contributed by atoms with van der Waals surface area (Å²) in [7, 11) is 0. The first-order valence-electron chi connectivity index (χ1n) is 5.53. The molecule has 1 N–H and O–H groups in total. The third-order valence-corrected chi connectivity index (χ3v) is 2.02. The molecule has 1 aromatic rings. The molecule has 0 bridgehead atoms. The second kappa shape index (κ2) is 5.62. The van der Waals surface area contributed by atoms with Gasteiger partial charge in [-0.2, -0.15) is 4.39 Å². The predicted octanol–water partition coefficient (Wildman–Crippen LogP) is 2.75. The number of nitrogens with one attached hydrogen (secondary N) is 1. The van der Waals surface area contributed by atoms with Gasteiger partial charge in [0.15, 0.2) is 0 Å². The molecule has 0 aliphatic carbocycles. The zero-order valence-corrected chi connectivity index (χ0v) is 10.6. The van der Waals surface area contributed by atoms with E-state index in [-0.39, 0.29) is 0 Å². The summed E-state index contributed by atoms with van der Waals surface area (Å²) in [5, 5.41) is 2.20. The van der Waals surface area contributed by atoms with Crippen LogP contribution in [-0.4, -0.2) is 17.7 Å². The van der Waals surface area contributed by atoms with Crippen LogP contribution in [0.3, 0.4) is 0 Å². The molecule has 0 aliphatic heterocycles. The van der Waals surface area contributed by atoms with Gasteiger partial charge in [-0.1, -0.05) is 30.3 Å². The number of amides is 1. The maximum absolute atomic E-state index is 12.9. The van der Waals surface area contributed by atoms with Gasteiger partial charge in [-0.3, -0.25) is 4.79 Å². The summed E-state index contributed by atoms with van der Waals surface area (Å²) in [6.45, 7) is 5.05. The molecule has 1 atom stereocenters. The lowest BCUT2D eigenvalue weighted by Gasteiger charge is -2.21. The van der Waals surface area contributed by atoms with E-state index in [2.05, 4.69) is 5.32 Å². The molecule has 1 aromatic carbocycles. The highest BCUT2D eigenvalue weighted by molar-refractivity contribution is 5.82. The van der Waals surface area contributed by atoms with Gasteiger partial charge in [0.25, 0.3) is 0 Å². The highest BCUT2D eigenvalue weighted by atomic mass is 19.1. The highest BCUT2D eigenvalue weighted by Crippen LogP contribution is 2.15. The van der Waals surface area contributed by atoms with Crippen LogP contribution in [0.4, 0.5) is 9.18 Å². The fraction of sp³-hybridized carbons (Fsp3) is 0.385. The van der Waals surface area contributed by atoms with Crippen molar-refractivity contribution in [3.8, 4) is 0 Å². The first kappa shape index (κ1) is 14.2. The normalized spacial score (nSPS) is 12.7. The summed E-state index contributed by atoms with van der Waals surface area (Å²) in [6.07, 6.45) is -0.831. The first-order chi connectivity index (χ1) is 8.29. The number of ether oxygens (including phenoxy) is 1. The summed E-state index contributed by atoms with van der Waals surface area (Å²) >= 11 is 0. The molecule has 0 saturated heterocycles. The minimum atomic E-state index is -1.63. The van der Waals surface area contributed by atoms with Gasteiger partial charge in [0.2, 0.25) is 0 Å². The zero-order valence-electron chi connectivity index (χ0n) is 10.6. The van der Waals surface area contributed by atoms with Crippen molar-refractivity contribution in [1.29, 1.82) is 0 Å². The lowest BCUT2D eigenvalue weighted by Crippen LogP contribution is -2.37. The van der Waals surface area contributed by atoms with Gasteiger partial charge < -0.3 is 10.1 Å². The minimum absolute atomic E-state index is 0.371. The SMILES string of the molecule is CC(C)(C)OC(=O)N[C@H](C(=O)F)c1ccccc1. The Morgan fingerprint density at radius 1 is 1.22 bits per heavy atom. The van der Waals surface area contributed by atoms with Gasteiger partial charge in [0, 0.05) is 0 Å². The van der Waals surface area contributed by atoms with Crippen molar-refractivity contribution in [1.82, 2.24) is 5.32 Å². The van der Waals surface area contributed by atoms with E-state index in [0.29, 0.717) is 5.56 Å². The zero-order chi connectivity index (χ0) is 13.8. The standard InChI is InChI=1S/C13H16FNO3/c1-13(2,3)18-12(17)15-10(11(14)16)9-7-5-4-6-8-9/h4-8,10H,1-3H3,(H,15,17)/t10-/m0/s1. The summed E-state index contributed by atoms with van der Waals surface area (Å²) in [5.74, 6) is 0. The predicted molar refractivity (Wildman–Crippen MR) is 64.7 cm³/mol. The molecule has 0 heterocycles. The maximum Gasteiger partial charge on any atom is 0.408 e. The van der Waals surface area contributed by atoms with Crippen molar-refractivity contribution < 1.29 is 18.7 Å². The van der Waals surface area contributed by atoms with E-state index < -0.39 is 23.8 Å². The number of halogens is 1. The Morgan fingerprint density at radius 3 is 2.22 bits per heavy atom. The van der Waals surface area contributed by atoms with Crippen LogP contribution < -0.4 is 5.32 Å². The van der Waals surface area contributed by atoms with E-state index in [1.165, 1.54) is 0 Å². The summed E-state index contributed by atoms with van der Waals surface area (Å²) in [6, 6.07) is 5.19. The van der Waals surface area contributed by atoms with Gasteiger partial charge >= 0.3 is 12.1 Å². The van der Waals surface area contributed by atoms with Gasteiger partial charge in [-0.15, -0.1) is 0 Å². The van der Waals surface area contributed by atoms with Crippen molar-refractivity contribution in [2.45, 2.75) is 32.4 Å². The van der Waals surface area contributed by atoms with Crippen molar-refractivity contribution in [2.75, 3.05) is 0 Å². The van der Waals surface area contributed by atoms with Crippen LogP contribution in [0.1, 0.15) is 32.4 Å². The quantitative estimate of drug-likeness (QED) is 0.843. The molecule has 0 spiro atoms. The molecule has 1 rings (SSSR count). The molecule has 4 nitrogen and oxygen atoms in total. The topological polar surface area (TPSA) is 55.4 Å². The minimum Gasteiger partial charge on any atom is -0.444 e. The third kappa shape index (κ3) is 4.53. The molecule has 0 aliphatic rings. The lowest BCUT2D eigenvalue weighted by atomic mass is 10.1. The molecule has 18 heavy (non-hydrogen) atoms. The smallest absolute Gasteiger partial charge is 0.408 e. The van der Waals surface area contributed by atoms with E-state index in [4.69, 9.17) is 4.74 Å². The molecular formula is C13H16FNO3. The Labute approximate surface area is 105 Å². The van der Waals surface area contributed by atoms with Crippen LogP contribution in [-0.2, 0) is 9.53 Å². The molecule has 0 fully saturated rings. The van der Waals surface area contributed by atoms with E-state index in [9.17, 15) is 14.0 Å². The monoisotopic (exact) mass is 253 g/mol. The third-order valence-electron chi connectivity index (χ3n) is 2.02. The van der Waals surface area contributed by atoms with Gasteiger partial charge in [-0.05, 0) is 26.3 Å². The van der Waals surface area contributed by atoms with E-state index in [1.54, 1.807) is 51.1 Å². The van der Waals surface area contributed by atoms with E-state index >= 15 is 0 Å². The van der Waals surface area contributed by atoms with Crippen LogP contribution in [0.25, 0.3) is 0 Å². The van der Waals surface area contributed by atoms with E-state index in [1.807, 2.05) is 0 Å². The molecular weight excluding hydrogens is 237 g/mol. The number of rotatable bonds is 3. The summed E-state index contributed by atoms with van der Waals surface area (Å²) < 4.78 is 17.9. The molecule has 5 heteroatoms. The summed E-state index contributed by atoms with van der Waals surface area (Å²) in [4.78, 5) is 22.4. The maximum atomic E-state index is 12.9. The average molecular weight is 253 g/mol. The molecule has 0 unspecified atom stereocenters. The van der Waals surface area contributed by atoms with Crippen LogP contribution in [0.5, 0.6) is 0 Å². The Morgan fingerprint density at radius 2 is 1.78 bits per heavy atom. The molecule has 1 amide bonds. The van der Waals surface area contributed by atoms with Crippen molar-refractivity contribution in [3.63, 3.8) is 0 Å². The Hall–Kier alpha value is -1.91. The molecule has 0 radical (unpaired) electrons. The second-order valence-electron chi connectivity index (χ2n) is 4.79. The Kier molecular flexibility index (Phi) is 4.42. The van der Waals surface area contributed by atoms with Crippen LogP contribution in [0.2, 0.25) is 0 Å². The number of carbonyl (C=O) groups is 2. The van der Waals surface area contributed by atoms with Crippen molar-refractivity contribution in [3.05, 3.63) is 35.9 Å². The second-order valence-corrected chi connectivity index (χ2v) is 4.79. The largest absolute Gasteiger partial charge is 0.444 e. The number of hydrogen-bond donors (Lipinski definition) is 1. The number of alkyl carbamates (subject to hydrolysis) is 1.